The summed E-state index contributed by atoms with van der Waals surface area (Å²) < 4.78 is 5.38. The van der Waals surface area contributed by atoms with E-state index in [2.05, 4.69) is 23.3 Å². The Morgan fingerprint density at radius 1 is 1.30 bits per heavy atom. The van der Waals surface area contributed by atoms with Crippen molar-refractivity contribution in [1.29, 1.82) is 0 Å². The van der Waals surface area contributed by atoms with Gasteiger partial charge in [-0.25, -0.2) is 4.79 Å². The normalized spacial score (nSPS) is 16.6. The molecule has 1 aromatic heterocycles. The third kappa shape index (κ3) is 2.36. The molecule has 0 aliphatic heterocycles. The molecule has 0 unspecified atom stereocenters. The van der Waals surface area contributed by atoms with Crippen LogP contribution in [0.25, 0.3) is 16.5 Å². The van der Waals surface area contributed by atoms with E-state index in [-0.39, 0.29) is 5.97 Å². The summed E-state index contributed by atoms with van der Waals surface area (Å²) in [5.74, 6) is -0.261. The lowest BCUT2D eigenvalue weighted by Crippen LogP contribution is -2.22. The molecule has 104 valence electrons. The van der Waals surface area contributed by atoms with Crippen molar-refractivity contribution in [1.82, 2.24) is 4.98 Å². The molecule has 1 heterocycles. The van der Waals surface area contributed by atoms with Crippen LogP contribution < -0.4 is 0 Å². The van der Waals surface area contributed by atoms with Crippen molar-refractivity contribution in [3.05, 3.63) is 41.6 Å². The Kier molecular flexibility index (Phi) is 2.93. The lowest BCUT2D eigenvalue weighted by Gasteiger charge is -2.20. The van der Waals surface area contributed by atoms with Crippen LogP contribution in [0.3, 0.4) is 0 Å². The van der Waals surface area contributed by atoms with Gasteiger partial charge in [0.15, 0.2) is 0 Å². The Morgan fingerprint density at radius 2 is 2.10 bits per heavy atom. The van der Waals surface area contributed by atoms with Crippen LogP contribution in [0.1, 0.15) is 38.3 Å². The van der Waals surface area contributed by atoms with E-state index < -0.39 is 5.60 Å². The number of benzene rings is 1. The number of ether oxygens (including phenoxy) is 1. The SMILES string of the molecule is CC(C)(C)OC(=O)C=C1CCc2c[nH]c3cccc1c23. The molecule has 1 aromatic carbocycles. The number of carbonyl (C=O) groups is 1. The molecule has 20 heavy (non-hydrogen) atoms. The van der Waals surface area contributed by atoms with Crippen LogP contribution in [0.2, 0.25) is 0 Å². The Morgan fingerprint density at radius 3 is 2.85 bits per heavy atom. The number of H-pyrrole nitrogens is 1. The fraction of sp³-hybridized carbons (Fsp3) is 0.353. The summed E-state index contributed by atoms with van der Waals surface area (Å²) in [7, 11) is 0. The van der Waals surface area contributed by atoms with E-state index in [0.717, 1.165) is 29.5 Å². The molecular weight excluding hydrogens is 250 g/mol. The van der Waals surface area contributed by atoms with Crippen molar-refractivity contribution in [3.63, 3.8) is 0 Å². The van der Waals surface area contributed by atoms with Crippen LogP contribution in [-0.2, 0) is 16.0 Å². The summed E-state index contributed by atoms with van der Waals surface area (Å²) >= 11 is 0. The van der Waals surface area contributed by atoms with Gasteiger partial charge in [0, 0.05) is 23.2 Å². The van der Waals surface area contributed by atoms with Crippen LogP contribution in [0.15, 0.2) is 30.5 Å². The van der Waals surface area contributed by atoms with Crippen molar-refractivity contribution >= 4 is 22.4 Å². The molecule has 0 atom stereocenters. The first-order valence-corrected chi connectivity index (χ1v) is 6.97. The lowest BCUT2D eigenvalue weighted by molar-refractivity contribution is -0.148. The minimum absolute atomic E-state index is 0.261. The number of esters is 1. The molecule has 0 amide bonds. The monoisotopic (exact) mass is 269 g/mol. The minimum atomic E-state index is -0.450. The zero-order chi connectivity index (χ0) is 14.3. The topological polar surface area (TPSA) is 42.1 Å². The van der Waals surface area contributed by atoms with Gasteiger partial charge in [0.25, 0.3) is 0 Å². The van der Waals surface area contributed by atoms with E-state index in [1.807, 2.05) is 26.8 Å². The number of hydrogen-bond donors (Lipinski definition) is 1. The van der Waals surface area contributed by atoms with Crippen LogP contribution in [0, 0.1) is 0 Å². The molecule has 1 aliphatic rings. The number of hydrogen-bond acceptors (Lipinski definition) is 2. The maximum atomic E-state index is 12.0. The summed E-state index contributed by atoms with van der Waals surface area (Å²) in [4.78, 5) is 15.3. The van der Waals surface area contributed by atoms with Crippen molar-refractivity contribution in [2.24, 2.45) is 0 Å². The van der Waals surface area contributed by atoms with Gasteiger partial charge in [0.1, 0.15) is 5.60 Å². The highest BCUT2D eigenvalue weighted by Gasteiger charge is 2.20. The fourth-order valence-electron chi connectivity index (χ4n) is 2.75. The maximum absolute atomic E-state index is 12.0. The molecule has 3 heteroatoms. The molecule has 3 rings (SSSR count). The number of carbonyl (C=O) groups excluding carboxylic acids is 1. The number of rotatable bonds is 1. The van der Waals surface area contributed by atoms with Crippen LogP contribution in [-0.4, -0.2) is 16.6 Å². The molecule has 0 saturated heterocycles. The van der Waals surface area contributed by atoms with Crippen LogP contribution in [0.4, 0.5) is 0 Å². The first kappa shape index (κ1) is 13.0. The second-order valence-corrected chi connectivity index (χ2v) is 6.25. The van der Waals surface area contributed by atoms with E-state index in [4.69, 9.17) is 4.74 Å². The summed E-state index contributed by atoms with van der Waals surface area (Å²) in [6.07, 6.45) is 5.56. The van der Waals surface area contributed by atoms with Gasteiger partial charge in [0.2, 0.25) is 0 Å². The first-order valence-electron chi connectivity index (χ1n) is 6.97. The predicted molar refractivity (Wildman–Crippen MR) is 80.4 cm³/mol. The molecule has 1 N–H and O–H groups in total. The summed E-state index contributed by atoms with van der Waals surface area (Å²) in [5.41, 5.74) is 4.23. The van der Waals surface area contributed by atoms with Gasteiger partial charge in [-0.1, -0.05) is 12.1 Å². The summed E-state index contributed by atoms with van der Waals surface area (Å²) in [6.45, 7) is 5.65. The Labute approximate surface area is 118 Å². The van der Waals surface area contributed by atoms with Gasteiger partial charge in [-0.3, -0.25) is 0 Å². The molecule has 1 aliphatic carbocycles. The summed E-state index contributed by atoms with van der Waals surface area (Å²) in [6, 6.07) is 6.17. The average molecular weight is 269 g/mol. The van der Waals surface area contributed by atoms with Crippen LogP contribution >= 0.6 is 0 Å². The number of nitrogens with one attached hydrogen (secondary N) is 1. The number of aromatic amines is 1. The van der Waals surface area contributed by atoms with Gasteiger partial charge in [-0.15, -0.1) is 0 Å². The molecule has 0 fully saturated rings. The standard InChI is InChI=1S/C17H19NO2/c1-17(2,3)20-15(19)9-11-7-8-12-10-18-14-6-4-5-13(11)16(12)14/h4-6,9-10,18H,7-8H2,1-3H3. The second kappa shape index (κ2) is 4.51. The molecule has 0 radical (unpaired) electrons. The predicted octanol–water partition coefficient (Wildman–Crippen LogP) is 3.84. The van der Waals surface area contributed by atoms with Crippen LogP contribution in [0.5, 0.6) is 0 Å². The third-order valence-corrected chi connectivity index (χ3v) is 3.50. The van der Waals surface area contributed by atoms with Crippen molar-refractivity contribution < 1.29 is 9.53 Å². The van der Waals surface area contributed by atoms with Gasteiger partial charge >= 0.3 is 5.97 Å². The zero-order valence-corrected chi connectivity index (χ0v) is 12.1. The van der Waals surface area contributed by atoms with Crippen molar-refractivity contribution in [3.8, 4) is 0 Å². The molecule has 0 bridgehead atoms. The summed E-state index contributed by atoms with van der Waals surface area (Å²) in [5, 5.41) is 1.24. The Hall–Kier alpha value is -2.03. The van der Waals surface area contributed by atoms with E-state index >= 15 is 0 Å². The van der Waals surface area contributed by atoms with Gasteiger partial charge < -0.3 is 9.72 Å². The van der Waals surface area contributed by atoms with E-state index in [1.165, 1.54) is 10.9 Å². The van der Waals surface area contributed by atoms with Crippen molar-refractivity contribution in [2.75, 3.05) is 0 Å². The Balaban J connectivity index is 2.00. The lowest BCUT2D eigenvalue weighted by atomic mass is 9.88. The molecule has 3 nitrogen and oxygen atoms in total. The highest BCUT2D eigenvalue weighted by Crippen LogP contribution is 2.35. The van der Waals surface area contributed by atoms with Crippen molar-refractivity contribution in [2.45, 2.75) is 39.2 Å². The highest BCUT2D eigenvalue weighted by molar-refractivity contribution is 6.01. The molecule has 2 aromatic rings. The largest absolute Gasteiger partial charge is 0.457 e. The van der Waals surface area contributed by atoms with Gasteiger partial charge in [0.05, 0.1) is 0 Å². The second-order valence-electron chi connectivity index (χ2n) is 6.25. The fourth-order valence-corrected chi connectivity index (χ4v) is 2.75. The maximum Gasteiger partial charge on any atom is 0.331 e. The number of aromatic nitrogens is 1. The number of allylic oxidation sites excluding steroid dienone is 1. The molecule has 0 saturated carbocycles. The smallest absolute Gasteiger partial charge is 0.331 e. The number of aryl methyl sites for hydroxylation is 1. The quantitative estimate of drug-likeness (QED) is 0.631. The Bertz CT molecular complexity index is 701. The van der Waals surface area contributed by atoms with Gasteiger partial charge in [-0.2, -0.15) is 0 Å². The minimum Gasteiger partial charge on any atom is -0.457 e. The zero-order valence-electron chi connectivity index (χ0n) is 12.1. The molecule has 0 spiro atoms. The molecular formula is C17H19NO2. The first-order chi connectivity index (χ1) is 9.44. The van der Waals surface area contributed by atoms with Gasteiger partial charge in [-0.05, 0) is 56.4 Å². The highest BCUT2D eigenvalue weighted by atomic mass is 16.6. The van der Waals surface area contributed by atoms with E-state index in [0.29, 0.717) is 0 Å². The average Bonchev–Trinajstić information content (AvgIpc) is 2.75. The van der Waals surface area contributed by atoms with E-state index in [1.54, 1.807) is 6.08 Å². The van der Waals surface area contributed by atoms with E-state index in [9.17, 15) is 4.79 Å². The third-order valence-electron chi connectivity index (χ3n) is 3.50.